The highest BCUT2D eigenvalue weighted by Crippen LogP contribution is 2.35. The first-order chi connectivity index (χ1) is 8.87. The first-order valence-corrected chi connectivity index (χ1v) is 6.50. The van der Waals surface area contributed by atoms with Gasteiger partial charge in [-0.05, 0) is 39.7 Å². The number of carbonyl (C=O) groups is 1. The van der Waals surface area contributed by atoms with E-state index in [1.165, 1.54) is 0 Å². The number of fused-ring (bicyclic) bond motifs is 1. The predicted molar refractivity (Wildman–Crippen MR) is 71.2 cm³/mol. The molecule has 1 amide bonds. The van der Waals surface area contributed by atoms with Gasteiger partial charge >= 0.3 is 6.09 Å². The molecule has 5 heteroatoms. The van der Waals surface area contributed by atoms with Gasteiger partial charge in [-0.1, -0.05) is 0 Å². The molecule has 104 valence electrons. The van der Waals surface area contributed by atoms with Crippen LogP contribution in [0.15, 0.2) is 12.3 Å². The van der Waals surface area contributed by atoms with Gasteiger partial charge < -0.3 is 15.2 Å². The molecule has 0 unspecified atom stereocenters. The third kappa shape index (κ3) is 3.36. The quantitative estimate of drug-likeness (QED) is 0.860. The van der Waals surface area contributed by atoms with Gasteiger partial charge in [-0.15, -0.1) is 0 Å². The second-order valence-corrected chi connectivity index (χ2v) is 5.81. The normalized spacial score (nSPS) is 17.9. The molecule has 0 radical (unpaired) electrons. The lowest BCUT2D eigenvalue weighted by Crippen LogP contribution is -2.34. The Kier molecular flexibility index (Phi) is 3.64. The maximum atomic E-state index is 11.6. The summed E-state index contributed by atoms with van der Waals surface area (Å²) >= 11 is 0. The smallest absolute Gasteiger partial charge is 0.407 e. The molecule has 0 aliphatic heterocycles. The molecule has 0 fully saturated rings. The minimum absolute atomic E-state index is 0.148. The number of pyridine rings is 1. The summed E-state index contributed by atoms with van der Waals surface area (Å²) in [5.74, 6) is 0.444. The molecule has 0 spiro atoms. The van der Waals surface area contributed by atoms with Crippen molar-refractivity contribution in [3.05, 3.63) is 23.5 Å². The molecule has 2 N–H and O–H groups in total. The van der Waals surface area contributed by atoms with Gasteiger partial charge in [0, 0.05) is 24.2 Å². The molecular weight excluding hydrogens is 244 g/mol. The topological polar surface area (TPSA) is 71.5 Å². The van der Waals surface area contributed by atoms with E-state index in [9.17, 15) is 9.90 Å². The van der Waals surface area contributed by atoms with Gasteiger partial charge in [0.1, 0.15) is 11.4 Å². The summed E-state index contributed by atoms with van der Waals surface area (Å²) in [7, 11) is 0. The van der Waals surface area contributed by atoms with Crippen molar-refractivity contribution in [2.24, 2.45) is 0 Å². The average molecular weight is 264 g/mol. The van der Waals surface area contributed by atoms with Crippen LogP contribution in [0.2, 0.25) is 0 Å². The molecule has 0 saturated carbocycles. The highest BCUT2D eigenvalue weighted by atomic mass is 16.6. The van der Waals surface area contributed by atoms with Crippen LogP contribution >= 0.6 is 0 Å². The van der Waals surface area contributed by atoms with Gasteiger partial charge in [-0.3, -0.25) is 4.98 Å². The predicted octanol–water partition coefficient (Wildman–Crippen LogP) is 2.34. The van der Waals surface area contributed by atoms with E-state index < -0.39 is 11.7 Å². The van der Waals surface area contributed by atoms with Crippen molar-refractivity contribution < 1.29 is 14.6 Å². The molecule has 2 rings (SSSR count). The molecule has 19 heavy (non-hydrogen) atoms. The lowest BCUT2D eigenvalue weighted by atomic mass is 10.1. The lowest BCUT2D eigenvalue weighted by Gasteiger charge is -2.20. The van der Waals surface area contributed by atoms with E-state index in [4.69, 9.17) is 4.74 Å². The Labute approximate surface area is 113 Å². The Morgan fingerprint density at radius 3 is 3.00 bits per heavy atom. The molecule has 0 bridgehead atoms. The first kappa shape index (κ1) is 13.6. The summed E-state index contributed by atoms with van der Waals surface area (Å²) in [5, 5.41) is 12.5. The number of aromatic hydroxyl groups is 1. The van der Waals surface area contributed by atoms with Crippen LogP contribution < -0.4 is 5.32 Å². The van der Waals surface area contributed by atoms with Crippen LogP contribution in [0, 0.1) is 0 Å². The number of alkyl carbamates (subject to hydrolysis) is 1. The van der Waals surface area contributed by atoms with Crippen LogP contribution in [0.5, 0.6) is 5.75 Å². The fraction of sp³-hybridized carbons (Fsp3) is 0.571. The van der Waals surface area contributed by atoms with E-state index in [1.54, 1.807) is 12.3 Å². The van der Waals surface area contributed by atoms with Crippen molar-refractivity contribution in [3.63, 3.8) is 0 Å². The Morgan fingerprint density at radius 2 is 2.32 bits per heavy atom. The fourth-order valence-electron chi connectivity index (χ4n) is 2.28. The molecule has 1 aliphatic carbocycles. The number of ether oxygens (including phenoxy) is 1. The number of nitrogens with one attached hydrogen (secondary N) is 1. The molecule has 1 aromatic heterocycles. The van der Waals surface area contributed by atoms with Gasteiger partial charge in [0.15, 0.2) is 0 Å². The van der Waals surface area contributed by atoms with Crippen LogP contribution in [0.4, 0.5) is 4.79 Å². The summed E-state index contributed by atoms with van der Waals surface area (Å²) < 4.78 is 5.19. The third-order valence-electron chi connectivity index (χ3n) is 3.09. The summed E-state index contributed by atoms with van der Waals surface area (Å²) in [5.41, 5.74) is 1.29. The zero-order valence-corrected chi connectivity index (χ0v) is 11.6. The average Bonchev–Trinajstić information content (AvgIpc) is 2.69. The van der Waals surface area contributed by atoms with Crippen LogP contribution in [0.3, 0.4) is 0 Å². The van der Waals surface area contributed by atoms with Gasteiger partial charge in [0.25, 0.3) is 0 Å². The number of aromatic nitrogens is 1. The minimum atomic E-state index is -0.492. The van der Waals surface area contributed by atoms with Gasteiger partial charge in [-0.25, -0.2) is 4.79 Å². The van der Waals surface area contributed by atoms with Crippen molar-refractivity contribution in [1.29, 1.82) is 0 Å². The summed E-state index contributed by atoms with van der Waals surface area (Å²) in [4.78, 5) is 15.9. The van der Waals surface area contributed by atoms with Gasteiger partial charge in [0.2, 0.25) is 0 Å². The molecule has 1 heterocycles. The SMILES string of the molecule is CC(C)(C)OC(=O)NC[C@H]1CCc2c(O)ccnc21. The van der Waals surface area contributed by atoms with E-state index in [0.29, 0.717) is 12.3 Å². The third-order valence-corrected chi connectivity index (χ3v) is 3.09. The number of amides is 1. The van der Waals surface area contributed by atoms with Crippen molar-refractivity contribution in [2.75, 3.05) is 6.54 Å². The minimum Gasteiger partial charge on any atom is -0.508 e. The van der Waals surface area contributed by atoms with Crippen LogP contribution in [0.1, 0.15) is 44.4 Å². The van der Waals surface area contributed by atoms with E-state index >= 15 is 0 Å². The standard InChI is InChI=1S/C14H20N2O3/c1-14(2,3)19-13(18)16-8-9-4-5-10-11(17)6-7-15-12(9)10/h6-7,9H,4-5,8H2,1-3H3,(H,15,17)(H,16,18)/t9-/m1/s1. The van der Waals surface area contributed by atoms with Gasteiger partial charge in [0.05, 0.1) is 5.69 Å². The summed E-state index contributed by atoms with van der Waals surface area (Å²) in [6.45, 7) is 5.98. The largest absolute Gasteiger partial charge is 0.508 e. The van der Waals surface area contributed by atoms with Crippen LogP contribution in [-0.4, -0.2) is 28.3 Å². The number of hydrogen-bond acceptors (Lipinski definition) is 4. The van der Waals surface area contributed by atoms with E-state index in [1.807, 2.05) is 20.8 Å². The first-order valence-electron chi connectivity index (χ1n) is 6.50. The molecule has 1 atom stereocenters. The molecule has 1 aromatic rings. The highest BCUT2D eigenvalue weighted by molar-refractivity contribution is 5.67. The zero-order valence-electron chi connectivity index (χ0n) is 11.6. The van der Waals surface area contributed by atoms with Crippen LogP contribution in [0.25, 0.3) is 0 Å². The number of carbonyl (C=O) groups excluding carboxylic acids is 1. The second-order valence-electron chi connectivity index (χ2n) is 5.81. The Balaban J connectivity index is 1.93. The van der Waals surface area contributed by atoms with Crippen LogP contribution in [-0.2, 0) is 11.2 Å². The molecule has 0 saturated heterocycles. The highest BCUT2D eigenvalue weighted by Gasteiger charge is 2.27. The maximum absolute atomic E-state index is 11.6. The molecule has 1 aliphatic rings. The Hall–Kier alpha value is -1.78. The van der Waals surface area contributed by atoms with Crippen molar-refractivity contribution in [1.82, 2.24) is 10.3 Å². The van der Waals surface area contributed by atoms with E-state index in [-0.39, 0.29) is 5.92 Å². The van der Waals surface area contributed by atoms with Crippen molar-refractivity contribution in [3.8, 4) is 5.75 Å². The second kappa shape index (κ2) is 5.07. The summed E-state index contributed by atoms with van der Waals surface area (Å²) in [6.07, 6.45) is 2.87. The zero-order chi connectivity index (χ0) is 14.0. The number of hydrogen-bond donors (Lipinski definition) is 2. The lowest BCUT2D eigenvalue weighted by molar-refractivity contribution is 0.0524. The molecule has 0 aromatic carbocycles. The van der Waals surface area contributed by atoms with Gasteiger partial charge in [-0.2, -0.15) is 0 Å². The Bertz CT molecular complexity index is 480. The van der Waals surface area contributed by atoms with E-state index in [0.717, 1.165) is 24.1 Å². The van der Waals surface area contributed by atoms with Crippen molar-refractivity contribution >= 4 is 6.09 Å². The molecular formula is C14H20N2O3. The maximum Gasteiger partial charge on any atom is 0.407 e. The molecule has 5 nitrogen and oxygen atoms in total. The fourth-order valence-corrected chi connectivity index (χ4v) is 2.28. The Morgan fingerprint density at radius 1 is 1.58 bits per heavy atom. The monoisotopic (exact) mass is 264 g/mol. The number of rotatable bonds is 2. The number of nitrogens with zero attached hydrogens (tertiary/aromatic N) is 1. The van der Waals surface area contributed by atoms with Crippen molar-refractivity contribution in [2.45, 2.75) is 45.1 Å². The van der Waals surface area contributed by atoms with E-state index in [2.05, 4.69) is 10.3 Å². The summed E-state index contributed by atoms with van der Waals surface area (Å²) in [6, 6.07) is 1.60.